The van der Waals surface area contributed by atoms with Gasteiger partial charge in [0.15, 0.2) is 0 Å². The molecule has 1 aliphatic carbocycles. The van der Waals surface area contributed by atoms with Gasteiger partial charge in [-0.3, -0.25) is 4.79 Å². The number of nitrogens with zero attached hydrogens (tertiary/aromatic N) is 1. The van der Waals surface area contributed by atoms with Crippen LogP contribution in [0.15, 0.2) is 53.5 Å². The fourth-order valence-electron chi connectivity index (χ4n) is 3.99. The molecule has 1 saturated carbocycles. The van der Waals surface area contributed by atoms with Crippen LogP contribution >= 0.6 is 0 Å². The van der Waals surface area contributed by atoms with Crippen molar-refractivity contribution in [3.8, 4) is 0 Å². The lowest BCUT2D eigenvalue weighted by molar-refractivity contribution is -0.137. The lowest BCUT2D eigenvalue weighted by Crippen LogP contribution is -2.38. The zero-order valence-electron chi connectivity index (χ0n) is 17.7. The Kier molecular flexibility index (Phi) is 7.79. The number of ether oxygens (including phenoxy) is 1. The molecule has 0 bridgehead atoms. The van der Waals surface area contributed by atoms with Crippen LogP contribution in [0.25, 0.3) is 0 Å². The molecule has 1 N–H and O–H groups in total. The zero-order valence-corrected chi connectivity index (χ0v) is 18.5. The van der Waals surface area contributed by atoms with Crippen molar-refractivity contribution < 1.29 is 26.3 Å². The average molecular weight is 473 g/mol. The molecule has 0 saturated heterocycles. The van der Waals surface area contributed by atoms with Gasteiger partial charge in [0.25, 0.3) is 5.56 Å². The van der Waals surface area contributed by atoms with Crippen molar-refractivity contribution >= 4 is 10.0 Å². The Morgan fingerprint density at radius 2 is 1.78 bits per heavy atom. The van der Waals surface area contributed by atoms with E-state index in [1.807, 2.05) is 18.2 Å². The molecule has 1 unspecified atom stereocenters. The van der Waals surface area contributed by atoms with E-state index in [1.54, 1.807) is 0 Å². The molecule has 1 fully saturated rings. The van der Waals surface area contributed by atoms with Crippen molar-refractivity contribution in [3.05, 3.63) is 70.1 Å². The topological polar surface area (TPSA) is 77.4 Å². The van der Waals surface area contributed by atoms with Crippen LogP contribution in [0, 0.1) is 0 Å². The summed E-state index contributed by atoms with van der Waals surface area (Å²) in [6.07, 6.45) is 0.845. The van der Waals surface area contributed by atoms with Crippen molar-refractivity contribution in [3.63, 3.8) is 0 Å². The van der Waals surface area contributed by atoms with E-state index >= 15 is 0 Å². The molecule has 176 valence electrons. The normalized spacial score (nSPS) is 20.8. The van der Waals surface area contributed by atoms with Crippen molar-refractivity contribution in [2.45, 2.75) is 49.9 Å². The van der Waals surface area contributed by atoms with Crippen LogP contribution in [0.2, 0.25) is 0 Å². The van der Waals surface area contributed by atoms with Gasteiger partial charge in [-0.2, -0.15) is 13.2 Å². The van der Waals surface area contributed by atoms with Gasteiger partial charge in [-0.25, -0.2) is 13.1 Å². The van der Waals surface area contributed by atoms with Crippen LogP contribution < -0.4 is 10.3 Å². The van der Waals surface area contributed by atoms with Crippen LogP contribution in [0.1, 0.15) is 48.8 Å². The fourth-order valence-corrected chi connectivity index (χ4v) is 4.48. The summed E-state index contributed by atoms with van der Waals surface area (Å²) in [7, 11) is -3.55. The standard InChI is InChI=1S/C22H27F3N2O4S/c1-32(29,30)26-14-19(27-12-11-18(13-21(27)28)22(23,24)25)15-31-20-9-7-17(8-10-20)16-5-3-2-4-6-16/h2-6,11-13,17,19-20,26H,7-10,14-15H2,1H3. The van der Waals surface area contributed by atoms with Crippen LogP contribution in [0.3, 0.4) is 0 Å². The quantitative estimate of drug-likeness (QED) is 0.636. The second-order valence-corrected chi connectivity index (χ2v) is 9.98. The van der Waals surface area contributed by atoms with Gasteiger partial charge in [-0.1, -0.05) is 30.3 Å². The first-order valence-electron chi connectivity index (χ1n) is 10.4. The molecule has 1 aromatic carbocycles. The first-order chi connectivity index (χ1) is 15.0. The zero-order chi connectivity index (χ0) is 23.4. The van der Waals surface area contributed by atoms with Crippen LogP contribution in [0.5, 0.6) is 0 Å². The minimum Gasteiger partial charge on any atom is -0.376 e. The van der Waals surface area contributed by atoms with Crippen LogP contribution in [0.4, 0.5) is 13.2 Å². The van der Waals surface area contributed by atoms with E-state index in [1.165, 1.54) is 5.56 Å². The summed E-state index contributed by atoms with van der Waals surface area (Å²) < 4.78 is 71.1. The van der Waals surface area contributed by atoms with E-state index in [4.69, 9.17) is 4.74 Å². The minimum absolute atomic E-state index is 0.00839. The van der Waals surface area contributed by atoms with Crippen LogP contribution in [-0.4, -0.2) is 38.5 Å². The Hall–Kier alpha value is -2.17. The van der Waals surface area contributed by atoms with Gasteiger partial charge in [0.2, 0.25) is 10.0 Å². The predicted molar refractivity (Wildman–Crippen MR) is 115 cm³/mol. The number of benzene rings is 1. The molecule has 0 radical (unpaired) electrons. The number of sulfonamides is 1. The number of halogens is 3. The molecule has 0 spiro atoms. The molecule has 1 heterocycles. The van der Waals surface area contributed by atoms with Gasteiger partial charge in [0.1, 0.15) is 0 Å². The fraction of sp³-hybridized carbons (Fsp3) is 0.500. The molecule has 6 nitrogen and oxygen atoms in total. The molecular weight excluding hydrogens is 445 g/mol. The second-order valence-electron chi connectivity index (χ2n) is 8.15. The number of hydrogen-bond acceptors (Lipinski definition) is 4. The highest BCUT2D eigenvalue weighted by Gasteiger charge is 2.31. The lowest BCUT2D eigenvalue weighted by Gasteiger charge is -2.30. The minimum atomic E-state index is -4.63. The van der Waals surface area contributed by atoms with Crippen molar-refractivity contribution in [2.24, 2.45) is 0 Å². The van der Waals surface area contributed by atoms with E-state index < -0.39 is 33.4 Å². The monoisotopic (exact) mass is 472 g/mol. The van der Waals surface area contributed by atoms with Crippen LogP contribution in [-0.2, 0) is 20.9 Å². The number of pyridine rings is 1. The van der Waals surface area contributed by atoms with E-state index in [2.05, 4.69) is 16.9 Å². The van der Waals surface area contributed by atoms with Gasteiger partial charge in [0.05, 0.1) is 30.6 Å². The van der Waals surface area contributed by atoms with Gasteiger partial charge in [0, 0.05) is 18.8 Å². The highest BCUT2D eigenvalue weighted by molar-refractivity contribution is 7.88. The third-order valence-corrected chi connectivity index (χ3v) is 6.41. The summed E-state index contributed by atoms with van der Waals surface area (Å²) in [6.45, 7) is -0.155. The molecule has 10 heteroatoms. The Morgan fingerprint density at radius 1 is 1.12 bits per heavy atom. The Labute approximate surface area is 185 Å². The first kappa shape index (κ1) is 24.5. The number of rotatable bonds is 8. The second kappa shape index (κ2) is 10.2. The number of hydrogen-bond donors (Lipinski definition) is 1. The third-order valence-electron chi connectivity index (χ3n) is 5.72. The molecule has 0 amide bonds. The van der Waals surface area contributed by atoms with Crippen molar-refractivity contribution in [2.75, 3.05) is 19.4 Å². The first-order valence-corrected chi connectivity index (χ1v) is 12.3. The number of aromatic nitrogens is 1. The molecule has 1 atom stereocenters. The Bertz CT molecular complexity index is 1050. The van der Waals surface area contributed by atoms with Gasteiger partial charge < -0.3 is 9.30 Å². The molecule has 0 aliphatic heterocycles. The molecule has 1 aliphatic rings. The molecule has 32 heavy (non-hydrogen) atoms. The Balaban J connectivity index is 1.66. The summed E-state index contributed by atoms with van der Waals surface area (Å²) in [6, 6.07) is 10.8. The summed E-state index contributed by atoms with van der Waals surface area (Å²) in [4.78, 5) is 12.3. The molecule has 3 rings (SSSR count). The lowest BCUT2D eigenvalue weighted by atomic mass is 9.83. The maximum absolute atomic E-state index is 12.9. The summed E-state index contributed by atoms with van der Waals surface area (Å²) in [5.74, 6) is 0.455. The summed E-state index contributed by atoms with van der Waals surface area (Å²) >= 11 is 0. The highest BCUT2D eigenvalue weighted by Crippen LogP contribution is 2.34. The number of nitrogens with one attached hydrogen (secondary N) is 1. The summed E-state index contributed by atoms with van der Waals surface area (Å²) in [5.41, 5.74) is -0.622. The molecule has 1 aromatic heterocycles. The Morgan fingerprint density at radius 3 is 2.34 bits per heavy atom. The van der Waals surface area contributed by atoms with E-state index in [0.717, 1.165) is 48.8 Å². The van der Waals surface area contributed by atoms with Crippen molar-refractivity contribution in [1.82, 2.24) is 9.29 Å². The van der Waals surface area contributed by atoms with Gasteiger partial charge >= 0.3 is 6.18 Å². The van der Waals surface area contributed by atoms with E-state index in [-0.39, 0.29) is 19.3 Å². The smallest absolute Gasteiger partial charge is 0.376 e. The average Bonchev–Trinajstić information content (AvgIpc) is 2.74. The maximum atomic E-state index is 12.9. The third kappa shape index (κ3) is 6.91. The van der Waals surface area contributed by atoms with Crippen molar-refractivity contribution in [1.29, 1.82) is 0 Å². The maximum Gasteiger partial charge on any atom is 0.416 e. The number of alkyl halides is 3. The molecule has 2 aromatic rings. The van der Waals surface area contributed by atoms with Gasteiger partial charge in [-0.15, -0.1) is 0 Å². The highest BCUT2D eigenvalue weighted by atomic mass is 32.2. The molecular formula is C22H27F3N2O4S. The largest absolute Gasteiger partial charge is 0.416 e. The van der Waals surface area contributed by atoms with E-state index in [0.29, 0.717) is 12.0 Å². The van der Waals surface area contributed by atoms with Gasteiger partial charge in [-0.05, 0) is 43.2 Å². The summed E-state index contributed by atoms with van der Waals surface area (Å²) in [5, 5.41) is 0. The van der Waals surface area contributed by atoms with E-state index in [9.17, 15) is 26.4 Å². The predicted octanol–water partition coefficient (Wildman–Crippen LogP) is 3.70. The SMILES string of the molecule is CS(=O)(=O)NCC(COC1CCC(c2ccccc2)CC1)n1ccc(C(F)(F)F)cc1=O.